The van der Waals surface area contributed by atoms with Crippen LogP contribution in [-0.4, -0.2) is 34.9 Å². The number of nitrogens with zero attached hydrogens (tertiary/aromatic N) is 2. The zero-order chi connectivity index (χ0) is 19.1. The van der Waals surface area contributed by atoms with Crippen LogP contribution < -0.4 is 10.2 Å². The first-order valence-electron chi connectivity index (χ1n) is 10.1. The monoisotopic (exact) mass is 373 g/mol. The standard InChI is InChI=1S/C23H25N4O/c1-2-17-18-7-3-4-8-19(18)25-22(17)23(28)26-13-11-16(12-14-26)27-15-24-20-9-5-6-10-21(20)27/h3-10,15-16,24-25H,2,11-14H2,1H3. The summed E-state index contributed by atoms with van der Waals surface area (Å²) < 4.78 is 0. The number of H-pyrrole nitrogens is 1. The van der Waals surface area contributed by atoms with E-state index in [1.54, 1.807) is 0 Å². The van der Waals surface area contributed by atoms with E-state index in [9.17, 15) is 4.79 Å². The van der Waals surface area contributed by atoms with Crippen LogP contribution in [0.4, 0.5) is 11.4 Å². The quantitative estimate of drug-likeness (QED) is 0.716. The normalized spacial score (nSPS) is 17.0. The molecular formula is C23H25N4O. The molecule has 28 heavy (non-hydrogen) atoms. The van der Waals surface area contributed by atoms with Gasteiger partial charge in [-0.25, -0.2) is 0 Å². The van der Waals surface area contributed by atoms with Crippen molar-refractivity contribution in [2.24, 2.45) is 0 Å². The van der Waals surface area contributed by atoms with Crippen molar-refractivity contribution in [3.05, 3.63) is 66.5 Å². The molecule has 5 nitrogen and oxygen atoms in total. The topological polar surface area (TPSA) is 51.4 Å². The Bertz CT molecular complexity index is 1020. The van der Waals surface area contributed by atoms with E-state index in [1.807, 2.05) is 23.1 Å². The highest BCUT2D eigenvalue weighted by Gasteiger charge is 2.32. The molecule has 2 N–H and O–H groups in total. The average molecular weight is 373 g/mol. The molecule has 2 aliphatic rings. The van der Waals surface area contributed by atoms with Crippen LogP contribution in [0.15, 0.2) is 48.5 Å². The Kier molecular flexibility index (Phi) is 4.23. The number of para-hydroxylation sites is 3. The zero-order valence-corrected chi connectivity index (χ0v) is 16.1. The molecule has 0 atom stereocenters. The highest BCUT2D eigenvalue weighted by atomic mass is 16.2. The van der Waals surface area contributed by atoms with E-state index in [0.29, 0.717) is 6.04 Å². The largest absolute Gasteiger partial charge is 0.360 e. The summed E-state index contributed by atoms with van der Waals surface area (Å²) in [6, 6.07) is 17.0. The average Bonchev–Trinajstić information content (AvgIpc) is 3.34. The number of rotatable bonds is 3. The van der Waals surface area contributed by atoms with E-state index in [4.69, 9.17) is 0 Å². The van der Waals surface area contributed by atoms with Crippen molar-refractivity contribution in [3.8, 4) is 0 Å². The number of fused-ring (bicyclic) bond motifs is 2. The van der Waals surface area contributed by atoms with Gasteiger partial charge < -0.3 is 20.1 Å². The maximum Gasteiger partial charge on any atom is 0.270 e. The molecule has 0 bridgehead atoms. The minimum atomic E-state index is 0.135. The lowest BCUT2D eigenvalue weighted by atomic mass is 10.0. The van der Waals surface area contributed by atoms with Gasteiger partial charge in [0.25, 0.3) is 5.91 Å². The molecule has 5 rings (SSSR count). The van der Waals surface area contributed by atoms with Crippen LogP contribution in [0.1, 0.15) is 35.8 Å². The molecule has 3 aromatic rings. The van der Waals surface area contributed by atoms with E-state index in [0.717, 1.165) is 60.2 Å². The first kappa shape index (κ1) is 17.2. The number of likely N-dealkylation sites (tertiary alicyclic amines) is 1. The van der Waals surface area contributed by atoms with Crippen molar-refractivity contribution in [3.63, 3.8) is 0 Å². The fourth-order valence-electron chi connectivity index (χ4n) is 4.59. The molecule has 1 fully saturated rings. The lowest BCUT2D eigenvalue weighted by molar-refractivity contribution is 0.0707. The van der Waals surface area contributed by atoms with Gasteiger partial charge in [-0.3, -0.25) is 4.79 Å². The van der Waals surface area contributed by atoms with Gasteiger partial charge >= 0.3 is 0 Å². The first-order valence-corrected chi connectivity index (χ1v) is 10.1. The molecule has 0 spiro atoms. The molecule has 1 radical (unpaired) electrons. The minimum Gasteiger partial charge on any atom is -0.360 e. The van der Waals surface area contributed by atoms with Gasteiger partial charge in [0.05, 0.1) is 11.4 Å². The summed E-state index contributed by atoms with van der Waals surface area (Å²) in [6.07, 6.45) is 2.80. The fraction of sp³-hybridized carbons (Fsp3) is 0.304. The smallest absolute Gasteiger partial charge is 0.270 e. The molecule has 1 amide bonds. The molecule has 0 unspecified atom stereocenters. The van der Waals surface area contributed by atoms with Crippen LogP contribution >= 0.6 is 0 Å². The summed E-state index contributed by atoms with van der Waals surface area (Å²) in [4.78, 5) is 21.0. The number of aromatic nitrogens is 1. The van der Waals surface area contributed by atoms with E-state index < -0.39 is 0 Å². The second kappa shape index (κ2) is 6.89. The summed E-state index contributed by atoms with van der Waals surface area (Å²) in [5.41, 5.74) is 5.34. The van der Waals surface area contributed by atoms with Gasteiger partial charge in [-0.05, 0) is 43.0 Å². The van der Waals surface area contributed by atoms with Crippen molar-refractivity contribution < 1.29 is 4.79 Å². The van der Waals surface area contributed by atoms with Crippen LogP contribution in [0.25, 0.3) is 10.9 Å². The van der Waals surface area contributed by atoms with E-state index in [2.05, 4.69) is 59.1 Å². The minimum absolute atomic E-state index is 0.135. The second-order valence-corrected chi connectivity index (χ2v) is 7.60. The molecular weight excluding hydrogens is 348 g/mol. The Morgan fingerprint density at radius 1 is 1.07 bits per heavy atom. The zero-order valence-electron chi connectivity index (χ0n) is 16.1. The van der Waals surface area contributed by atoms with Gasteiger partial charge in [0.2, 0.25) is 0 Å². The summed E-state index contributed by atoms with van der Waals surface area (Å²) in [6.45, 7) is 5.76. The molecule has 1 saturated heterocycles. The first-order chi connectivity index (χ1) is 13.8. The van der Waals surface area contributed by atoms with Gasteiger partial charge in [-0.15, -0.1) is 0 Å². The molecule has 143 valence electrons. The van der Waals surface area contributed by atoms with Crippen LogP contribution in [0, 0.1) is 6.67 Å². The van der Waals surface area contributed by atoms with Crippen LogP contribution in [-0.2, 0) is 6.42 Å². The van der Waals surface area contributed by atoms with Crippen molar-refractivity contribution in [1.82, 2.24) is 9.88 Å². The predicted molar refractivity (Wildman–Crippen MR) is 113 cm³/mol. The number of carbonyl (C=O) groups is 1. The number of carbonyl (C=O) groups excluding carboxylic acids is 1. The highest BCUT2D eigenvalue weighted by Crippen LogP contribution is 2.36. The summed E-state index contributed by atoms with van der Waals surface area (Å²) in [5, 5.41) is 4.52. The number of aryl methyl sites for hydroxylation is 1. The maximum atomic E-state index is 13.2. The molecule has 0 aliphatic carbocycles. The summed E-state index contributed by atoms with van der Waals surface area (Å²) in [7, 11) is 0. The Labute approximate surface area is 165 Å². The second-order valence-electron chi connectivity index (χ2n) is 7.60. The third kappa shape index (κ3) is 2.73. The predicted octanol–water partition coefficient (Wildman–Crippen LogP) is 4.39. The third-order valence-electron chi connectivity index (χ3n) is 6.07. The van der Waals surface area contributed by atoms with Gasteiger partial charge in [0.1, 0.15) is 12.4 Å². The number of benzene rings is 2. The Balaban J connectivity index is 1.32. The Morgan fingerprint density at radius 3 is 2.64 bits per heavy atom. The number of hydrogen-bond acceptors (Lipinski definition) is 3. The summed E-state index contributed by atoms with van der Waals surface area (Å²) in [5.74, 6) is 0.135. The molecule has 5 heteroatoms. The molecule has 3 heterocycles. The van der Waals surface area contributed by atoms with E-state index in [-0.39, 0.29) is 5.91 Å². The number of nitrogens with one attached hydrogen (secondary N) is 2. The number of aromatic amines is 1. The van der Waals surface area contributed by atoms with E-state index in [1.165, 1.54) is 5.69 Å². The molecule has 0 saturated carbocycles. The molecule has 1 aromatic heterocycles. The lowest BCUT2D eigenvalue weighted by Crippen LogP contribution is -2.46. The number of piperidine rings is 1. The molecule has 2 aliphatic heterocycles. The number of anilines is 2. The van der Waals surface area contributed by atoms with Gasteiger partial charge in [-0.1, -0.05) is 37.3 Å². The van der Waals surface area contributed by atoms with Gasteiger partial charge in [0, 0.05) is 30.0 Å². The number of hydrogen-bond donors (Lipinski definition) is 2. The molecule has 2 aromatic carbocycles. The van der Waals surface area contributed by atoms with Crippen molar-refractivity contribution in [2.45, 2.75) is 32.2 Å². The van der Waals surface area contributed by atoms with Crippen LogP contribution in [0.2, 0.25) is 0 Å². The van der Waals surface area contributed by atoms with E-state index >= 15 is 0 Å². The maximum absolute atomic E-state index is 13.2. The third-order valence-corrected chi connectivity index (χ3v) is 6.07. The summed E-state index contributed by atoms with van der Waals surface area (Å²) >= 11 is 0. The lowest BCUT2D eigenvalue weighted by Gasteiger charge is -2.37. The number of amides is 1. The highest BCUT2D eigenvalue weighted by molar-refractivity contribution is 6.01. The Morgan fingerprint density at radius 2 is 1.82 bits per heavy atom. The van der Waals surface area contributed by atoms with Gasteiger partial charge in [0.15, 0.2) is 0 Å². The fourth-order valence-corrected chi connectivity index (χ4v) is 4.59. The van der Waals surface area contributed by atoms with Crippen LogP contribution in [0.3, 0.4) is 0 Å². The Hall–Kier alpha value is -2.95. The SMILES string of the molecule is CCc1c(C(=O)N2CCC(N3[CH]Nc4ccccc43)CC2)[nH]c2ccccc12. The van der Waals surface area contributed by atoms with Crippen molar-refractivity contribution in [2.75, 3.05) is 23.3 Å². The van der Waals surface area contributed by atoms with Crippen molar-refractivity contribution >= 4 is 28.2 Å². The van der Waals surface area contributed by atoms with Gasteiger partial charge in [-0.2, -0.15) is 0 Å². The van der Waals surface area contributed by atoms with Crippen LogP contribution in [0.5, 0.6) is 0 Å². The van der Waals surface area contributed by atoms with Crippen molar-refractivity contribution in [1.29, 1.82) is 0 Å².